The zero-order valence-corrected chi connectivity index (χ0v) is 12.4. The van der Waals surface area contributed by atoms with E-state index >= 15 is 0 Å². The number of esters is 1. The van der Waals surface area contributed by atoms with Gasteiger partial charge in [0, 0.05) is 24.0 Å². The fourth-order valence-corrected chi connectivity index (χ4v) is 2.68. The third kappa shape index (κ3) is 4.49. The van der Waals surface area contributed by atoms with Gasteiger partial charge in [0.15, 0.2) is 6.61 Å². The van der Waals surface area contributed by atoms with Crippen LogP contribution < -0.4 is 0 Å². The van der Waals surface area contributed by atoms with Crippen LogP contribution in [0.15, 0.2) is 23.6 Å². The molecular weight excluding hydrogens is 274 g/mol. The van der Waals surface area contributed by atoms with Crippen LogP contribution in [0.3, 0.4) is 0 Å². The van der Waals surface area contributed by atoms with Gasteiger partial charge in [-0.3, -0.25) is 4.79 Å². The van der Waals surface area contributed by atoms with Crippen LogP contribution in [0.4, 0.5) is 0 Å². The summed E-state index contributed by atoms with van der Waals surface area (Å²) in [6, 6.07) is 3.82. The van der Waals surface area contributed by atoms with E-state index in [2.05, 4.69) is 6.92 Å². The first-order valence-electron chi connectivity index (χ1n) is 6.81. The highest BCUT2D eigenvalue weighted by Crippen LogP contribution is 2.16. The van der Waals surface area contributed by atoms with Crippen molar-refractivity contribution in [3.8, 4) is 0 Å². The lowest BCUT2D eigenvalue weighted by molar-refractivity contribution is -0.148. The molecular formula is C15H19NO3S. The monoisotopic (exact) mass is 293 g/mol. The second-order valence-corrected chi connectivity index (χ2v) is 6.00. The summed E-state index contributed by atoms with van der Waals surface area (Å²) in [6.45, 7) is 3.56. The first-order chi connectivity index (χ1) is 9.65. The van der Waals surface area contributed by atoms with Crippen molar-refractivity contribution in [1.82, 2.24) is 4.90 Å². The molecule has 0 saturated carbocycles. The maximum absolute atomic E-state index is 11.9. The van der Waals surface area contributed by atoms with Crippen molar-refractivity contribution >= 4 is 29.3 Å². The SMILES string of the molecule is CC1CCN(C(=O)COC(=O)/C=C/c2cccs2)CC1. The van der Waals surface area contributed by atoms with E-state index in [1.807, 2.05) is 17.5 Å². The summed E-state index contributed by atoms with van der Waals surface area (Å²) in [7, 11) is 0. The van der Waals surface area contributed by atoms with Gasteiger partial charge in [0.25, 0.3) is 5.91 Å². The van der Waals surface area contributed by atoms with E-state index in [9.17, 15) is 9.59 Å². The second-order valence-electron chi connectivity index (χ2n) is 5.02. The molecule has 1 aliphatic rings. The Hall–Kier alpha value is -1.62. The minimum atomic E-state index is -0.475. The van der Waals surface area contributed by atoms with Gasteiger partial charge < -0.3 is 9.64 Å². The molecule has 0 unspecified atom stereocenters. The zero-order valence-electron chi connectivity index (χ0n) is 11.6. The fraction of sp³-hybridized carbons (Fsp3) is 0.467. The molecule has 2 rings (SSSR count). The Kier molecular flexibility index (Phi) is 5.35. The Balaban J connectivity index is 1.71. The highest BCUT2D eigenvalue weighted by Gasteiger charge is 2.20. The minimum Gasteiger partial charge on any atom is -0.452 e. The summed E-state index contributed by atoms with van der Waals surface area (Å²) in [5, 5.41) is 1.94. The summed E-state index contributed by atoms with van der Waals surface area (Å²) < 4.78 is 4.97. The third-order valence-electron chi connectivity index (χ3n) is 3.40. The van der Waals surface area contributed by atoms with Crippen molar-refractivity contribution in [2.75, 3.05) is 19.7 Å². The van der Waals surface area contributed by atoms with E-state index in [1.54, 1.807) is 22.3 Å². The number of amides is 1. The van der Waals surface area contributed by atoms with Crippen molar-refractivity contribution in [1.29, 1.82) is 0 Å². The van der Waals surface area contributed by atoms with Gasteiger partial charge in [0.2, 0.25) is 0 Å². The first kappa shape index (κ1) is 14.8. The van der Waals surface area contributed by atoms with Crippen LogP contribution >= 0.6 is 11.3 Å². The zero-order chi connectivity index (χ0) is 14.4. The quantitative estimate of drug-likeness (QED) is 0.633. The van der Waals surface area contributed by atoms with Gasteiger partial charge in [-0.15, -0.1) is 11.3 Å². The molecule has 0 spiro atoms. The number of piperidine rings is 1. The summed E-state index contributed by atoms with van der Waals surface area (Å²) in [6.07, 6.45) is 5.10. The van der Waals surface area contributed by atoms with E-state index in [0.29, 0.717) is 5.92 Å². The highest BCUT2D eigenvalue weighted by molar-refractivity contribution is 7.10. The number of hydrogen-bond acceptors (Lipinski definition) is 4. The Labute approximate surface area is 123 Å². The van der Waals surface area contributed by atoms with E-state index in [4.69, 9.17) is 4.74 Å². The van der Waals surface area contributed by atoms with E-state index in [-0.39, 0.29) is 12.5 Å². The number of carbonyl (C=O) groups excluding carboxylic acids is 2. The highest BCUT2D eigenvalue weighted by atomic mass is 32.1. The first-order valence-corrected chi connectivity index (χ1v) is 7.69. The fourth-order valence-electron chi connectivity index (χ4n) is 2.07. The predicted octanol–water partition coefficient (Wildman–Crippen LogP) is 2.56. The van der Waals surface area contributed by atoms with Crippen LogP contribution in [0.5, 0.6) is 0 Å². The number of likely N-dealkylation sites (tertiary alicyclic amines) is 1. The van der Waals surface area contributed by atoms with Crippen LogP contribution in [0.25, 0.3) is 6.08 Å². The van der Waals surface area contributed by atoms with Gasteiger partial charge in [-0.1, -0.05) is 13.0 Å². The van der Waals surface area contributed by atoms with Crippen LogP contribution in [0.1, 0.15) is 24.6 Å². The minimum absolute atomic E-state index is 0.102. The molecule has 0 aliphatic carbocycles. The smallest absolute Gasteiger partial charge is 0.331 e. The van der Waals surface area contributed by atoms with Gasteiger partial charge in [-0.05, 0) is 36.3 Å². The summed E-state index contributed by atoms with van der Waals surface area (Å²) in [4.78, 5) is 26.1. The molecule has 2 heterocycles. The molecule has 0 N–H and O–H groups in total. The van der Waals surface area contributed by atoms with Crippen molar-refractivity contribution in [2.24, 2.45) is 5.92 Å². The lowest BCUT2D eigenvalue weighted by Crippen LogP contribution is -2.40. The van der Waals surface area contributed by atoms with Gasteiger partial charge in [0.1, 0.15) is 0 Å². The number of nitrogens with zero attached hydrogens (tertiary/aromatic N) is 1. The van der Waals surface area contributed by atoms with E-state index in [1.165, 1.54) is 6.08 Å². The van der Waals surface area contributed by atoms with E-state index < -0.39 is 5.97 Å². The van der Waals surface area contributed by atoms with Crippen molar-refractivity contribution in [3.63, 3.8) is 0 Å². The van der Waals surface area contributed by atoms with Crippen molar-refractivity contribution in [2.45, 2.75) is 19.8 Å². The van der Waals surface area contributed by atoms with E-state index in [0.717, 1.165) is 30.8 Å². The molecule has 4 nitrogen and oxygen atoms in total. The summed E-state index contributed by atoms with van der Waals surface area (Å²) in [5.41, 5.74) is 0. The molecule has 5 heteroatoms. The van der Waals surface area contributed by atoms with Crippen LogP contribution in [-0.2, 0) is 14.3 Å². The summed E-state index contributed by atoms with van der Waals surface area (Å²) >= 11 is 1.54. The number of rotatable bonds is 4. The maximum Gasteiger partial charge on any atom is 0.331 e. The van der Waals surface area contributed by atoms with Crippen molar-refractivity contribution < 1.29 is 14.3 Å². The number of carbonyl (C=O) groups is 2. The normalized spacial score (nSPS) is 16.6. The van der Waals surface area contributed by atoms with Gasteiger partial charge >= 0.3 is 5.97 Å². The number of thiophene rings is 1. The van der Waals surface area contributed by atoms with Crippen LogP contribution in [0, 0.1) is 5.92 Å². The molecule has 0 bridgehead atoms. The molecule has 0 aromatic carbocycles. The largest absolute Gasteiger partial charge is 0.452 e. The van der Waals surface area contributed by atoms with Crippen LogP contribution in [-0.4, -0.2) is 36.5 Å². The molecule has 1 aliphatic heterocycles. The maximum atomic E-state index is 11.9. The average molecular weight is 293 g/mol. The third-order valence-corrected chi connectivity index (χ3v) is 4.24. The van der Waals surface area contributed by atoms with Crippen LogP contribution in [0.2, 0.25) is 0 Å². The topological polar surface area (TPSA) is 46.6 Å². The predicted molar refractivity (Wildman–Crippen MR) is 79.3 cm³/mol. The molecule has 1 fully saturated rings. The van der Waals surface area contributed by atoms with Crippen molar-refractivity contribution in [3.05, 3.63) is 28.5 Å². The Morgan fingerprint density at radius 3 is 2.85 bits per heavy atom. The molecule has 1 aromatic heterocycles. The van der Waals surface area contributed by atoms with Gasteiger partial charge in [-0.2, -0.15) is 0 Å². The Morgan fingerprint density at radius 1 is 1.45 bits per heavy atom. The molecule has 20 heavy (non-hydrogen) atoms. The molecule has 1 saturated heterocycles. The second kappa shape index (κ2) is 7.24. The van der Waals surface area contributed by atoms with Gasteiger partial charge in [-0.25, -0.2) is 4.79 Å². The summed E-state index contributed by atoms with van der Waals surface area (Å²) in [5.74, 6) is 0.0993. The molecule has 1 amide bonds. The molecule has 0 radical (unpaired) electrons. The Morgan fingerprint density at radius 2 is 2.20 bits per heavy atom. The lowest BCUT2D eigenvalue weighted by atomic mass is 9.99. The molecule has 0 atom stereocenters. The molecule has 1 aromatic rings. The molecule has 108 valence electrons. The number of ether oxygens (including phenoxy) is 1. The lowest BCUT2D eigenvalue weighted by Gasteiger charge is -2.30. The average Bonchev–Trinajstić information content (AvgIpc) is 2.96. The standard InChI is InChI=1S/C15H19NO3S/c1-12-6-8-16(9-7-12)14(17)11-19-15(18)5-4-13-3-2-10-20-13/h2-5,10,12H,6-9,11H2,1H3/b5-4+. The number of hydrogen-bond donors (Lipinski definition) is 0. The Bertz CT molecular complexity index is 473. The van der Waals surface area contributed by atoms with Gasteiger partial charge in [0.05, 0.1) is 0 Å².